The zero-order valence-corrected chi connectivity index (χ0v) is 18.7. The van der Waals surface area contributed by atoms with Gasteiger partial charge in [-0.1, -0.05) is 13.0 Å². The van der Waals surface area contributed by atoms with E-state index in [2.05, 4.69) is 0 Å². The largest absolute Gasteiger partial charge is 0.390 e. The molecule has 3 saturated carbocycles. The van der Waals surface area contributed by atoms with E-state index >= 15 is 8.78 Å². The number of hydrogen-bond donors (Lipinski definition) is 2. The molecule has 0 amide bonds. The first-order valence-electron chi connectivity index (χ1n) is 11.3. The highest BCUT2D eigenvalue weighted by Crippen LogP contribution is 2.72. The summed E-state index contributed by atoms with van der Waals surface area (Å²) < 4.78 is 44.8. The lowest BCUT2D eigenvalue weighted by atomic mass is 9.44. The monoisotopic (exact) mass is 452 g/mol. The molecule has 1 aliphatic heterocycles. The highest BCUT2D eigenvalue weighted by Gasteiger charge is 2.80. The maximum Gasteiger partial charge on any atom is 0.193 e. The van der Waals surface area contributed by atoms with Crippen LogP contribution >= 0.6 is 0 Å². The summed E-state index contributed by atoms with van der Waals surface area (Å²) in [5, 5.41) is 21.1. The number of allylic oxidation sites excluding steroid dienone is 4. The number of alkyl halides is 2. The number of fused-ring (bicyclic) bond motifs is 7. The van der Waals surface area contributed by atoms with Gasteiger partial charge in [-0.3, -0.25) is 9.59 Å². The van der Waals surface area contributed by atoms with Crippen molar-refractivity contribution in [3.63, 3.8) is 0 Å². The van der Waals surface area contributed by atoms with Crippen LogP contribution in [0, 0.1) is 22.7 Å². The molecule has 0 unspecified atom stereocenters. The van der Waals surface area contributed by atoms with Crippen LogP contribution in [0.15, 0.2) is 23.8 Å². The Labute approximate surface area is 185 Å². The van der Waals surface area contributed by atoms with Gasteiger partial charge in [-0.25, -0.2) is 8.78 Å². The topological polar surface area (TPSA) is 93.1 Å². The Kier molecular flexibility index (Phi) is 4.42. The molecule has 4 aliphatic carbocycles. The molecule has 1 saturated heterocycles. The first-order chi connectivity index (χ1) is 14.8. The predicted octanol–water partition coefficient (Wildman–Crippen LogP) is 2.37. The van der Waals surface area contributed by atoms with Gasteiger partial charge >= 0.3 is 0 Å². The predicted molar refractivity (Wildman–Crippen MR) is 109 cm³/mol. The van der Waals surface area contributed by atoms with Gasteiger partial charge in [0.1, 0.15) is 12.8 Å². The first kappa shape index (κ1) is 22.3. The van der Waals surface area contributed by atoms with Crippen LogP contribution in [-0.4, -0.2) is 63.8 Å². The highest BCUT2D eigenvalue weighted by molar-refractivity contribution is 6.01. The second-order valence-electron chi connectivity index (χ2n) is 11.0. The standard InChI is InChI=1S/C24H30F2O6/c1-20(2)31-19-9-13-14-8-16(25)15-7-12(28)5-6-21(15,3)23(14,26)17(29)10-22(13,4)24(19,32-20)18(30)11-27/h5-7,13-14,16-17,19,27,29H,8-11H2,1-4H3/t13-,14-,16-,17+,19+,21-,22+,23-,24+/m0/s1. The van der Waals surface area contributed by atoms with Crippen LogP contribution in [0.25, 0.3) is 0 Å². The molecule has 6 nitrogen and oxygen atoms in total. The average molecular weight is 452 g/mol. The Bertz CT molecular complexity index is 960. The number of rotatable bonds is 2. The fraction of sp³-hybridized carbons (Fsp3) is 0.750. The minimum absolute atomic E-state index is 0.0550. The van der Waals surface area contributed by atoms with Gasteiger partial charge in [0, 0.05) is 16.7 Å². The molecule has 0 spiro atoms. The van der Waals surface area contributed by atoms with Gasteiger partial charge in [0.15, 0.2) is 28.6 Å². The third-order valence-corrected chi connectivity index (χ3v) is 9.18. The van der Waals surface area contributed by atoms with Crippen LogP contribution in [0.1, 0.15) is 47.0 Å². The Morgan fingerprint density at radius 3 is 2.56 bits per heavy atom. The first-order valence-corrected chi connectivity index (χ1v) is 11.3. The number of carbonyl (C=O) groups is 2. The van der Waals surface area contributed by atoms with E-state index < -0.39 is 76.3 Å². The van der Waals surface area contributed by atoms with Gasteiger partial charge in [-0.2, -0.15) is 0 Å². The molecule has 32 heavy (non-hydrogen) atoms. The number of aliphatic hydroxyl groups is 2. The number of aliphatic hydroxyl groups excluding tert-OH is 2. The van der Waals surface area contributed by atoms with Gasteiger partial charge in [0.05, 0.1) is 12.2 Å². The summed E-state index contributed by atoms with van der Waals surface area (Å²) in [7, 11) is 0. The van der Waals surface area contributed by atoms with E-state index in [1.807, 2.05) is 0 Å². The molecule has 8 heteroatoms. The average Bonchev–Trinajstić information content (AvgIpc) is 3.11. The summed E-state index contributed by atoms with van der Waals surface area (Å²) in [5.74, 6) is -3.53. The molecule has 0 aromatic heterocycles. The summed E-state index contributed by atoms with van der Waals surface area (Å²) in [5.41, 5.74) is -6.30. The second-order valence-corrected chi connectivity index (χ2v) is 11.0. The summed E-state index contributed by atoms with van der Waals surface area (Å²) in [6.07, 6.45) is -0.151. The molecule has 5 rings (SSSR count). The number of ether oxygens (including phenoxy) is 2. The molecule has 1 heterocycles. The van der Waals surface area contributed by atoms with Gasteiger partial charge in [0.25, 0.3) is 0 Å². The highest BCUT2D eigenvalue weighted by atomic mass is 19.1. The van der Waals surface area contributed by atoms with Crippen molar-refractivity contribution in [1.29, 1.82) is 0 Å². The van der Waals surface area contributed by atoms with Crippen molar-refractivity contribution in [3.8, 4) is 0 Å². The molecule has 176 valence electrons. The van der Waals surface area contributed by atoms with Gasteiger partial charge < -0.3 is 19.7 Å². The smallest absolute Gasteiger partial charge is 0.193 e. The quantitative estimate of drug-likeness (QED) is 0.668. The lowest BCUT2D eigenvalue weighted by Gasteiger charge is -2.63. The summed E-state index contributed by atoms with van der Waals surface area (Å²) >= 11 is 0. The van der Waals surface area contributed by atoms with Crippen molar-refractivity contribution < 1.29 is 38.1 Å². The van der Waals surface area contributed by atoms with E-state index in [0.29, 0.717) is 0 Å². The van der Waals surface area contributed by atoms with E-state index in [9.17, 15) is 19.8 Å². The minimum atomic E-state index is -2.24. The summed E-state index contributed by atoms with van der Waals surface area (Å²) in [6.45, 7) is 5.87. The van der Waals surface area contributed by atoms with Gasteiger partial charge in [-0.15, -0.1) is 0 Å². The number of Topliss-reactive ketones (excluding diaryl/α,β-unsaturated/α-hetero) is 1. The van der Waals surface area contributed by atoms with Crippen molar-refractivity contribution in [2.24, 2.45) is 22.7 Å². The fourth-order valence-electron chi connectivity index (χ4n) is 7.92. The second kappa shape index (κ2) is 6.34. The van der Waals surface area contributed by atoms with Crippen LogP contribution in [-0.2, 0) is 19.1 Å². The molecule has 4 fully saturated rings. The van der Waals surface area contributed by atoms with Crippen LogP contribution in [0.4, 0.5) is 8.78 Å². The van der Waals surface area contributed by atoms with Crippen LogP contribution in [0.3, 0.4) is 0 Å². The van der Waals surface area contributed by atoms with E-state index in [1.54, 1.807) is 20.8 Å². The fourth-order valence-corrected chi connectivity index (χ4v) is 7.92. The normalized spacial score (nSPS) is 53.2. The molecular formula is C24H30F2O6. The number of halogens is 2. The van der Waals surface area contributed by atoms with Crippen molar-refractivity contribution in [2.75, 3.05) is 6.61 Å². The Morgan fingerprint density at radius 2 is 1.91 bits per heavy atom. The van der Waals surface area contributed by atoms with Gasteiger partial charge in [-0.05, 0) is 63.7 Å². The number of ketones is 2. The van der Waals surface area contributed by atoms with E-state index in [0.717, 1.165) is 6.08 Å². The van der Waals surface area contributed by atoms with E-state index in [-0.39, 0.29) is 24.8 Å². The van der Waals surface area contributed by atoms with Crippen molar-refractivity contribution in [3.05, 3.63) is 23.8 Å². The molecule has 0 aromatic rings. The Morgan fingerprint density at radius 1 is 1.22 bits per heavy atom. The SMILES string of the molecule is CC1(C)O[C@@H]2C[C@H]3[C@@H]4C[C@H](F)C5=CC(=O)C=C[C@]5(C)[C@@]4(F)[C@H](O)C[C@@]3(C)[C@]2(C(=O)CO)O1. The molecule has 0 radical (unpaired) electrons. The molecule has 0 aromatic carbocycles. The Balaban J connectivity index is 1.66. The minimum Gasteiger partial charge on any atom is -0.390 e. The van der Waals surface area contributed by atoms with Crippen LogP contribution in [0.5, 0.6) is 0 Å². The van der Waals surface area contributed by atoms with E-state index in [1.165, 1.54) is 19.1 Å². The molecule has 2 N–H and O–H groups in total. The summed E-state index contributed by atoms with van der Waals surface area (Å²) in [6, 6.07) is 0. The van der Waals surface area contributed by atoms with Gasteiger partial charge in [0.2, 0.25) is 0 Å². The maximum absolute atomic E-state index is 17.1. The van der Waals surface area contributed by atoms with E-state index in [4.69, 9.17) is 9.47 Å². The van der Waals surface area contributed by atoms with Crippen molar-refractivity contribution in [2.45, 2.75) is 82.4 Å². The molecular weight excluding hydrogens is 422 g/mol. The molecule has 9 atom stereocenters. The zero-order chi connectivity index (χ0) is 23.5. The van der Waals surface area contributed by atoms with Crippen LogP contribution in [0.2, 0.25) is 0 Å². The van der Waals surface area contributed by atoms with Crippen molar-refractivity contribution >= 4 is 11.6 Å². The van der Waals surface area contributed by atoms with Crippen LogP contribution < -0.4 is 0 Å². The molecule has 5 aliphatic rings. The third-order valence-electron chi connectivity index (χ3n) is 9.18. The lowest BCUT2D eigenvalue weighted by molar-refractivity contribution is -0.248. The molecule has 0 bridgehead atoms. The number of carbonyl (C=O) groups excluding carboxylic acids is 2. The lowest BCUT2D eigenvalue weighted by Crippen LogP contribution is -2.71. The third kappa shape index (κ3) is 2.32. The van der Waals surface area contributed by atoms with Crippen molar-refractivity contribution in [1.82, 2.24) is 0 Å². The summed E-state index contributed by atoms with van der Waals surface area (Å²) in [4.78, 5) is 25.1. The Hall–Kier alpha value is -1.48. The zero-order valence-electron chi connectivity index (χ0n) is 18.7. The maximum atomic E-state index is 17.1. The number of hydrogen-bond acceptors (Lipinski definition) is 6.